The number of piperidine rings is 1. The molecule has 0 saturated carbocycles. The minimum Gasteiger partial charge on any atom is -0.488 e. The molecule has 0 bridgehead atoms. The molecular weight excluding hydrogens is 296 g/mol. The molecule has 1 saturated heterocycles. The first kappa shape index (κ1) is 17.4. The minimum atomic E-state index is -0.492. The zero-order chi connectivity index (χ0) is 16.9. The van der Waals surface area contributed by atoms with Gasteiger partial charge < -0.3 is 19.1 Å². The molecule has 0 spiro atoms. The Morgan fingerprint density at radius 1 is 1.43 bits per heavy atom. The van der Waals surface area contributed by atoms with Gasteiger partial charge in [-0.25, -0.2) is 9.78 Å². The van der Waals surface area contributed by atoms with Crippen molar-refractivity contribution >= 4 is 6.09 Å². The average molecular weight is 322 g/mol. The molecule has 0 aromatic carbocycles. The molecule has 1 atom stereocenters. The van der Waals surface area contributed by atoms with E-state index in [1.807, 2.05) is 39.8 Å². The number of aromatic nitrogens is 1. The number of rotatable bonds is 4. The Kier molecular flexibility index (Phi) is 5.69. The van der Waals surface area contributed by atoms with Crippen molar-refractivity contribution in [3.8, 4) is 11.6 Å². The van der Waals surface area contributed by atoms with E-state index in [1.54, 1.807) is 11.1 Å². The van der Waals surface area contributed by atoms with Crippen LogP contribution < -0.4 is 9.47 Å². The summed E-state index contributed by atoms with van der Waals surface area (Å²) in [5.74, 6) is 1.11. The van der Waals surface area contributed by atoms with Crippen molar-refractivity contribution in [2.75, 3.05) is 19.7 Å². The first-order valence-corrected chi connectivity index (χ1v) is 8.11. The summed E-state index contributed by atoms with van der Waals surface area (Å²) in [6, 6.07) is 3.64. The van der Waals surface area contributed by atoms with E-state index < -0.39 is 5.60 Å². The summed E-state index contributed by atoms with van der Waals surface area (Å²) in [4.78, 5) is 18.1. The molecule has 0 radical (unpaired) electrons. The van der Waals surface area contributed by atoms with Crippen LogP contribution in [0.25, 0.3) is 0 Å². The van der Waals surface area contributed by atoms with Gasteiger partial charge in [0.2, 0.25) is 0 Å². The summed E-state index contributed by atoms with van der Waals surface area (Å²) >= 11 is 0. The number of likely N-dealkylation sites (tertiary alicyclic amines) is 1. The first-order chi connectivity index (χ1) is 10.9. The van der Waals surface area contributed by atoms with Crippen LogP contribution in [-0.2, 0) is 4.74 Å². The van der Waals surface area contributed by atoms with E-state index in [9.17, 15) is 4.79 Å². The second kappa shape index (κ2) is 7.53. The van der Waals surface area contributed by atoms with Crippen molar-refractivity contribution in [3.05, 3.63) is 18.3 Å². The van der Waals surface area contributed by atoms with Crippen LogP contribution in [0.5, 0.6) is 11.6 Å². The molecule has 23 heavy (non-hydrogen) atoms. The maximum absolute atomic E-state index is 12.2. The standard InChI is InChI=1S/C17H26N2O4/c1-5-21-14-9-6-10-18-15(14)22-13-8-7-11-19(12-13)16(20)23-17(2,3)4/h6,9-10,13H,5,7-8,11-12H2,1-4H3/t13-/m1/s1. The van der Waals surface area contributed by atoms with Crippen LogP contribution in [0.4, 0.5) is 4.79 Å². The van der Waals surface area contributed by atoms with Crippen LogP contribution in [0.2, 0.25) is 0 Å². The molecule has 1 aromatic rings. The van der Waals surface area contributed by atoms with Crippen LogP contribution in [0, 0.1) is 0 Å². The predicted octanol–water partition coefficient (Wildman–Crippen LogP) is 3.26. The summed E-state index contributed by atoms with van der Waals surface area (Å²) in [6.07, 6.45) is 3.02. The van der Waals surface area contributed by atoms with Gasteiger partial charge in [-0.2, -0.15) is 0 Å². The number of amides is 1. The van der Waals surface area contributed by atoms with E-state index in [-0.39, 0.29) is 12.2 Å². The first-order valence-electron chi connectivity index (χ1n) is 8.11. The normalized spacial score (nSPS) is 18.4. The van der Waals surface area contributed by atoms with Gasteiger partial charge in [-0.15, -0.1) is 0 Å². The molecule has 1 aliphatic rings. The minimum absolute atomic E-state index is 0.106. The summed E-state index contributed by atoms with van der Waals surface area (Å²) in [5.41, 5.74) is -0.492. The maximum atomic E-state index is 12.2. The van der Waals surface area contributed by atoms with Crippen LogP contribution in [0.15, 0.2) is 18.3 Å². The summed E-state index contributed by atoms with van der Waals surface area (Å²) in [5, 5.41) is 0. The highest BCUT2D eigenvalue weighted by Crippen LogP contribution is 2.27. The van der Waals surface area contributed by atoms with Gasteiger partial charge in [0.25, 0.3) is 5.88 Å². The van der Waals surface area contributed by atoms with Gasteiger partial charge in [0.05, 0.1) is 13.2 Å². The lowest BCUT2D eigenvalue weighted by atomic mass is 10.1. The molecule has 6 nitrogen and oxygen atoms in total. The molecule has 0 aliphatic carbocycles. The number of nitrogens with zero attached hydrogens (tertiary/aromatic N) is 2. The third-order valence-corrected chi connectivity index (χ3v) is 3.34. The predicted molar refractivity (Wildman–Crippen MR) is 86.9 cm³/mol. The highest BCUT2D eigenvalue weighted by atomic mass is 16.6. The van der Waals surface area contributed by atoms with Crippen molar-refractivity contribution in [3.63, 3.8) is 0 Å². The number of hydrogen-bond donors (Lipinski definition) is 0. The second-order valence-electron chi connectivity index (χ2n) is 6.55. The van der Waals surface area contributed by atoms with Gasteiger partial charge >= 0.3 is 6.09 Å². The van der Waals surface area contributed by atoms with Crippen molar-refractivity contribution in [2.24, 2.45) is 0 Å². The molecule has 0 N–H and O–H groups in total. The monoisotopic (exact) mass is 322 g/mol. The Labute approximate surface area is 137 Å². The fourth-order valence-electron chi connectivity index (χ4n) is 2.41. The van der Waals surface area contributed by atoms with Crippen molar-refractivity contribution in [1.82, 2.24) is 9.88 Å². The molecule has 1 amide bonds. The van der Waals surface area contributed by atoms with E-state index in [4.69, 9.17) is 14.2 Å². The summed E-state index contributed by atoms with van der Waals surface area (Å²) in [7, 11) is 0. The Hall–Kier alpha value is -1.98. The van der Waals surface area contributed by atoms with E-state index in [2.05, 4.69) is 4.98 Å². The van der Waals surface area contributed by atoms with Crippen molar-refractivity contribution in [2.45, 2.75) is 52.2 Å². The second-order valence-corrected chi connectivity index (χ2v) is 6.55. The Bertz CT molecular complexity index is 528. The van der Waals surface area contributed by atoms with Gasteiger partial charge in [0.15, 0.2) is 5.75 Å². The van der Waals surface area contributed by atoms with Crippen LogP contribution >= 0.6 is 0 Å². The quantitative estimate of drug-likeness (QED) is 0.851. The van der Waals surface area contributed by atoms with E-state index in [0.717, 1.165) is 12.8 Å². The number of hydrogen-bond acceptors (Lipinski definition) is 5. The lowest BCUT2D eigenvalue weighted by Gasteiger charge is -2.34. The maximum Gasteiger partial charge on any atom is 0.410 e. The third kappa shape index (κ3) is 5.30. The van der Waals surface area contributed by atoms with Gasteiger partial charge in [-0.05, 0) is 52.7 Å². The van der Waals surface area contributed by atoms with Crippen LogP contribution in [0.3, 0.4) is 0 Å². The summed E-state index contributed by atoms with van der Waals surface area (Å²) in [6.45, 7) is 9.26. The number of ether oxygens (including phenoxy) is 3. The van der Waals surface area contributed by atoms with E-state index in [0.29, 0.717) is 31.3 Å². The molecule has 2 rings (SSSR count). The number of pyridine rings is 1. The lowest BCUT2D eigenvalue weighted by molar-refractivity contribution is 0.00688. The molecule has 128 valence electrons. The average Bonchev–Trinajstić information content (AvgIpc) is 2.48. The largest absolute Gasteiger partial charge is 0.488 e. The van der Waals surface area contributed by atoms with E-state index >= 15 is 0 Å². The number of carbonyl (C=O) groups is 1. The zero-order valence-corrected chi connectivity index (χ0v) is 14.4. The third-order valence-electron chi connectivity index (χ3n) is 3.34. The Balaban J connectivity index is 1.98. The Morgan fingerprint density at radius 2 is 2.22 bits per heavy atom. The number of carbonyl (C=O) groups excluding carboxylic acids is 1. The van der Waals surface area contributed by atoms with Crippen molar-refractivity contribution in [1.29, 1.82) is 0 Å². The molecule has 1 fully saturated rings. The van der Waals surface area contributed by atoms with Gasteiger partial charge in [0.1, 0.15) is 11.7 Å². The molecule has 1 aliphatic heterocycles. The molecule has 6 heteroatoms. The van der Waals surface area contributed by atoms with Crippen LogP contribution in [0.1, 0.15) is 40.5 Å². The van der Waals surface area contributed by atoms with Gasteiger partial charge in [-0.3, -0.25) is 0 Å². The Morgan fingerprint density at radius 3 is 2.91 bits per heavy atom. The summed E-state index contributed by atoms with van der Waals surface area (Å²) < 4.78 is 16.9. The molecule has 2 heterocycles. The smallest absolute Gasteiger partial charge is 0.410 e. The highest BCUT2D eigenvalue weighted by molar-refractivity contribution is 5.68. The fourth-order valence-corrected chi connectivity index (χ4v) is 2.41. The van der Waals surface area contributed by atoms with Crippen LogP contribution in [-0.4, -0.2) is 47.4 Å². The van der Waals surface area contributed by atoms with Gasteiger partial charge in [0, 0.05) is 12.7 Å². The SMILES string of the molecule is CCOc1cccnc1O[C@@H]1CCCN(C(=O)OC(C)(C)C)C1. The highest BCUT2D eigenvalue weighted by Gasteiger charge is 2.29. The zero-order valence-electron chi connectivity index (χ0n) is 14.4. The fraction of sp³-hybridized carbons (Fsp3) is 0.647. The molecule has 0 unspecified atom stereocenters. The lowest BCUT2D eigenvalue weighted by Crippen LogP contribution is -2.46. The van der Waals surface area contributed by atoms with Gasteiger partial charge in [-0.1, -0.05) is 0 Å². The van der Waals surface area contributed by atoms with E-state index in [1.165, 1.54) is 0 Å². The molecular formula is C17H26N2O4. The topological polar surface area (TPSA) is 60.9 Å². The molecule has 1 aromatic heterocycles. The van der Waals surface area contributed by atoms with Crippen molar-refractivity contribution < 1.29 is 19.0 Å².